The Hall–Kier alpha value is -1.66. The first-order chi connectivity index (χ1) is 9.08. The van der Waals surface area contributed by atoms with Crippen LogP contribution in [0.2, 0.25) is 0 Å². The highest BCUT2D eigenvalue weighted by Crippen LogP contribution is 2.28. The smallest absolute Gasteiger partial charge is 0.311 e. The Morgan fingerprint density at radius 2 is 2.26 bits per heavy atom. The molecule has 0 aliphatic carbocycles. The fourth-order valence-electron chi connectivity index (χ4n) is 1.49. The molecular weight excluding hydrogens is 248 g/mol. The Labute approximate surface area is 112 Å². The van der Waals surface area contributed by atoms with Crippen molar-refractivity contribution in [3.63, 3.8) is 0 Å². The van der Waals surface area contributed by atoms with E-state index in [0.717, 1.165) is 12.1 Å². The van der Waals surface area contributed by atoms with Gasteiger partial charge in [0, 0.05) is 25.1 Å². The molecule has 106 valence electrons. The van der Waals surface area contributed by atoms with Crippen molar-refractivity contribution in [1.29, 1.82) is 0 Å². The molecule has 0 radical (unpaired) electrons. The number of ether oxygens (including phenoxy) is 1. The second-order valence-electron chi connectivity index (χ2n) is 4.44. The number of aliphatic hydroxyl groups excluding tert-OH is 1. The molecule has 0 saturated heterocycles. The molecule has 0 heterocycles. The van der Waals surface area contributed by atoms with E-state index in [4.69, 9.17) is 9.84 Å². The predicted molar refractivity (Wildman–Crippen MR) is 72.2 cm³/mol. The van der Waals surface area contributed by atoms with E-state index in [-0.39, 0.29) is 30.6 Å². The molecule has 0 amide bonds. The molecule has 1 aromatic carbocycles. The molecule has 0 aliphatic rings. The second-order valence-corrected chi connectivity index (χ2v) is 4.44. The van der Waals surface area contributed by atoms with Crippen LogP contribution in [0.1, 0.15) is 19.4 Å². The zero-order valence-electron chi connectivity index (χ0n) is 11.3. The van der Waals surface area contributed by atoms with Crippen LogP contribution in [-0.2, 0) is 6.54 Å². The number of hydrogen-bond donors (Lipinski definition) is 2. The van der Waals surface area contributed by atoms with Crippen LogP contribution in [0.4, 0.5) is 5.69 Å². The van der Waals surface area contributed by atoms with E-state index < -0.39 is 4.92 Å². The maximum absolute atomic E-state index is 11.0. The Balaban J connectivity index is 2.82. The van der Waals surface area contributed by atoms with Crippen LogP contribution in [0.5, 0.6) is 5.75 Å². The molecule has 6 heteroatoms. The van der Waals surface area contributed by atoms with Crippen LogP contribution in [0.3, 0.4) is 0 Å². The first-order valence-corrected chi connectivity index (χ1v) is 6.30. The van der Waals surface area contributed by atoms with E-state index in [2.05, 4.69) is 5.32 Å². The summed E-state index contributed by atoms with van der Waals surface area (Å²) in [6.07, 6.45) is 0. The van der Waals surface area contributed by atoms with Crippen LogP contribution in [-0.4, -0.2) is 29.8 Å². The third kappa shape index (κ3) is 4.84. The molecule has 0 fully saturated rings. The van der Waals surface area contributed by atoms with Gasteiger partial charge in [-0.3, -0.25) is 10.1 Å². The lowest BCUT2D eigenvalue weighted by Crippen LogP contribution is -2.14. The summed E-state index contributed by atoms with van der Waals surface area (Å²) in [4.78, 5) is 10.6. The van der Waals surface area contributed by atoms with Gasteiger partial charge in [-0.1, -0.05) is 19.9 Å². The summed E-state index contributed by atoms with van der Waals surface area (Å²) in [6, 6.07) is 4.92. The minimum absolute atomic E-state index is 0.00764. The number of nitro groups is 1. The van der Waals surface area contributed by atoms with E-state index in [1.807, 2.05) is 13.8 Å². The molecule has 0 spiro atoms. The van der Waals surface area contributed by atoms with E-state index in [9.17, 15) is 10.1 Å². The van der Waals surface area contributed by atoms with E-state index >= 15 is 0 Å². The summed E-state index contributed by atoms with van der Waals surface area (Å²) >= 11 is 0. The van der Waals surface area contributed by atoms with Gasteiger partial charge >= 0.3 is 5.69 Å². The fraction of sp³-hybridized carbons (Fsp3) is 0.538. The van der Waals surface area contributed by atoms with E-state index in [1.54, 1.807) is 12.1 Å². The van der Waals surface area contributed by atoms with Gasteiger partial charge in [-0.15, -0.1) is 0 Å². The predicted octanol–water partition coefficient (Wildman–Crippen LogP) is 1.71. The summed E-state index contributed by atoms with van der Waals surface area (Å²) in [7, 11) is 0. The molecule has 19 heavy (non-hydrogen) atoms. The topological polar surface area (TPSA) is 84.6 Å². The quantitative estimate of drug-likeness (QED) is 0.554. The molecule has 0 aliphatic heterocycles. The van der Waals surface area contributed by atoms with Crippen LogP contribution in [0, 0.1) is 16.0 Å². The number of nitrogens with zero attached hydrogens (tertiary/aromatic N) is 1. The molecule has 2 N–H and O–H groups in total. The highest BCUT2D eigenvalue weighted by molar-refractivity contribution is 5.48. The summed E-state index contributed by atoms with van der Waals surface area (Å²) in [5.74, 6) is 0.187. The molecule has 1 unspecified atom stereocenters. The van der Waals surface area contributed by atoms with Crippen LogP contribution in [0.15, 0.2) is 18.2 Å². The molecule has 0 aromatic heterocycles. The summed E-state index contributed by atoms with van der Waals surface area (Å²) < 4.78 is 5.39. The van der Waals surface area contributed by atoms with Gasteiger partial charge in [0.1, 0.15) is 0 Å². The maximum atomic E-state index is 11.0. The molecule has 0 bridgehead atoms. The van der Waals surface area contributed by atoms with Crippen molar-refractivity contribution < 1.29 is 14.8 Å². The second kappa shape index (κ2) is 7.70. The first kappa shape index (κ1) is 15.4. The van der Waals surface area contributed by atoms with Crippen LogP contribution >= 0.6 is 0 Å². The normalized spacial score (nSPS) is 12.2. The van der Waals surface area contributed by atoms with Gasteiger partial charge in [0.2, 0.25) is 0 Å². The summed E-state index contributed by atoms with van der Waals surface area (Å²) in [5, 5.41) is 23.0. The van der Waals surface area contributed by atoms with E-state index in [0.29, 0.717) is 6.54 Å². The first-order valence-electron chi connectivity index (χ1n) is 6.30. The number of nitrogens with one attached hydrogen (secondary N) is 1. The number of rotatable bonds is 8. The van der Waals surface area contributed by atoms with Gasteiger partial charge in [0.15, 0.2) is 5.75 Å². The Bertz CT molecular complexity index is 423. The van der Waals surface area contributed by atoms with Gasteiger partial charge in [-0.25, -0.2) is 0 Å². The van der Waals surface area contributed by atoms with Gasteiger partial charge < -0.3 is 15.2 Å². The number of aliphatic hydroxyl groups is 1. The largest absolute Gasteiger partial charge is 0.486 e. The monoisotopic (exact) mass is 268 g/mol. The maximum Gasteiger partial charge on any atom is 0.311 e. The lowest BCUT2D eigenvalue weighted by Gasteiger charge is -2.11. The zero-order chi connectivity index (χ0) is 14.3. The van der Waals surface area contributed by atoms with Crippen molar-refractivity contribution in [3.05, 3.63) is 33.9 Å². The lowest BCUT2D eigenvalue weighted by molar-refractivity contribution is -0.386. The van der Waals surface area contributed by atoms with Gasteiger partial charge in [-0.2, -0.15) is 0 Å². The number of nitro benzene ring substituents is 1. The average Bonchev–Trinajstić information content (AvgIpc) is 2.42. The minimum atomic E-state index is -0.450. The zero-order valence-corrected chi connectivity index (χ0v) is 11.3. The molecule has 1 aromatic rings. The average molecular weight is 268 g/mol. The molecule has 0 saturated carbocycles. The highest BCUT2D eigenvalue weighted by atomic mass is 16.6. The molecular formula is C13H20N2O4. The van der Waals surface area contributed by atoms with Crippen LogP contribution < -0.4 is 10.1 Å². The van der Waals surface area contributed by atoms with E-state index in [1.165, 1.54) is 6.07 Å². The number of benzene rings is 1. The minimum Gasteiger partial charge on any atom is -0.486 e. The Morgan fingerprint density at radius 1 is 1.53 bits per heavy atom. The summed E-state index contributed by atoms with van der Waals surface area (Å²) in [6.45, 7) is 5.43. The molecule has 1 atom stereocenters. The Kier molecular flexibility index (Phi) is 6.24. The molecule has 1 rings (SSSR count). The van der Waals surface area contributed by atoms with Gasteiger partial charge in [0.25, 0.3) is 0 Å². The molecule has 6 nitrogen and oxygen atoms in total. The van der Waals surface area contributed by atoms with Crippen molar-refractivity contribution in [1.82, 2.24) is 5.32 Å². The summed E-state index contributed by atoms with van der Waals surface area (Å²) in [5.41, 5.74) is 0.802. The van der Waals surface area contributed by atoms with Crippen molar-refractivity contribution in [2.24, 2.45) is 5.92 Å². The highest BCUT2D eigenvalue weighted by Gasteiger charge is 2.16. The SMILES string of the molecule is CCNCc1ccc(OCC(C)CO)c([N+](=O)[O-])c1. The van der Waals surface area contributed by atoms with Crippen LogP contribution in [0.25, 0.3) is 0 Å². The fourth-order valence-corrected chi connectivity index (χ4v) is 1.49. The van der Waals surface area contributed by atoms with Crippen molar-refractivity contribution in [3.8, 4) is 5.75 Å². The number of hydrogen-bond acceptors (Lipinski definition) is 5. The van der Waals surface area contributed by atoms with Gasteiger partial charge in [0.05, 0.1) is 11.5 Å². The Morgan fingerprint density at radius 3 is 2.84 bits per heavy atom. The lowest BCUT2D eigenvalue weighted by atomic mass is 10.2. The van der Waals surface area contributed by atoms with Crippen molar-refractivity contribution in [2.45, 2.75) is 20.4 Å². The third-order valence-corrected chi connectivity index (χ3v) is 2.63. The van der Waals surface area contributed by atoms with Crippen molar-refractivity contribution >= 4 is 5.69 Å². The van der Waals surface area contributed by atoms with Gasteiger partial charge in [-0.05, 0) is 18.2 Å². The standard InChI is InChI=1S/C13H20N2O4/c1-3-14-7-11-4-5-13(12(6-11)15(17)18)19-9-10(2)8-16/h4-6,10,14,16H,3,7-9H2,1-2H3. The third-order valence-electron chi connectivity index (χ3n) is 2.63. The van der Waals surface area contributed by atoms with Crippen molar-refractivity contribution in [2.75, 3.05) is 19.8 Å².